The molecular formula is C14H14N2O3S. The average molecular weight is 290 g/mol. The zero-order valence-corrected chi connectivity index (χ0v) is 11.5. The first kappa shape index (κ1) is 14.1. The van der Waals surface area contributed by atoms with Gasteiger partial charge in [0.2, 0.25) is 0 Å². The summed E-state index contributed by atoms with van der Waals surface area (Å²) in [5.74, 6) is 1.05. The third kappa shape index (κ3) is 4.10. The van der Waals surface area contributed by atoms with E-state index in [1.54, 1.807) is 42.7 Å². The second kappa shape index (κ2) is 6.72. The van der Waals surface area contributed by atoms with Crippen LogP contribution >= 0.6 is 12.2 Å². The smallest absolute Gasteiger partial charge is 0.258 e. The van der Waals surface area contributed by atoms with Crippen LogP contribution in [0.1, 0.15) is 11.3 Å². The van der Waals surface area contributed by atoms with Crippen molar-refractivity contribution in [2.75, 3.05) is 6.61 Å². The van der Waals surface area contributed by atoms with Gasteiger partial charge in [-0.25, -0.2) is 0 Å². The van der Waals surface area contributed by atoms with Gasteiger partial charge in [0.15, 0.2) is 6.61 Å². The minimum Gasteiger partial charge on any atom is -0.484 e. The molecule has 0 aliphatic heterocycles. The van der Waals surface area contributed by atoms with Gasteiger partial charge in [0, 0.05) is 5.56 Å². The third-order valence-corrected chi connectivity index (χ3v) is 2.78. The minimum absolute atomic E-state index is 0.0624. The van der Waals surface area contributed by atoms with Crippen LogP contribution in [0.3, 0.4) is 0 Å². The van der Waals surface area contributed by atoms with Gasteiger partial charge in [-0.15, -0.1) is 0 Å². The average Bonchev–Trinajstić information content (AvgIpc) is 2.96. The number of benzene rings is 1. The first-order valence-electron chi connectivity index (χ1n) is 5.97. The Hall–Kier alpha value is -2.34. The van der Waals surface area contributed by atoms with Crippen LogP contribution in [0.4, 0.5) is 0 Å². The number of ether oxygens (including phenoxy) is 1. The van der Waals surface area contributed by atoms with Crippen LogP contribution in [0.15, 0.2) is 47.1 Å². The second-order valence-electron chi connectivity index (χ2n) is 4.03. The molecule has 1 aromatic heterocycles. The van der Waals surface area contributed by atoms with Gasteiger partial charge in [0.05, 0.1) is 12.8 Å². The first-order valence-corrected chi connectivity index (χ1v) is 6.38. The molecule has 1 heterocycles. The lowest BCUT2D eigenvalue weighted by molar-refractivity contribution is -0.123. The lowest BCUT2D eigenvalue weighted by Gasteiger charge is -2.07. The number of rotatable bonds is 6. The zero-order chi connectivity index (χ0) is 14.4. The van der Waals surface area contributed by atoms with E-state index in [1.807, 2.05) is 0 Å². The molecular weight excluding hydrogens is 276 g/mol. The fourth-order valence-corrected chi connectivity index (χ4v) is 1.65. The minimum atomic E-state index is -0.222. The maximum Gasteiger partial charge on any atom is 0.258 e. The molecule has 1 amide bonds. The molecule has 0 aliphatic rings. The van der Waals surface area contributed by atoms with E-state index in [1.165, 1.54) is 0 Å². The molecule has 0 spiro atoms. The summed E-state index contributed by atoms with van der Waals surface area (Å²) in [6.45, 7) is 0.280. The molecule has 0 saturated carbocycles. The van der Waals surface area contributed by atoms with Crippen molar-refractivity contribution in [2.24, 2.45) is 5.73 Å². The van der Waals surface area contributed by atoms with E-state index < -0.39 is 0 Å². The Morgan fingerprint density at radius 1 is 1.30 bits per heavy atom. The van der Waals surface area contributed by atoms with E-state index in [9.17, 15) is 4.79 Å². The molecule has 0 radical (unpaired) electrons. The number of furan rings is 1. The van der Waals surface area contributed by atoms with Crippen LogP contribution in [0.5, 0.6) is 5.75 Å². The number of hydrogen-bond donors (Lipinski definition) is 2. The van der Waals surface area contributed by atoms with Gasteiger partial charge in [-0.2, -0.15) is 0 Å². The Bertz CT molecular complexity index is 579. The van der Waals surface area contributed by atoms with Crippen molar-refractivity contribution >= 4 is 23.1 Å². The van der Waals surface area contributed by atoms with Gasteiger partial charge >= 0.3 is 0 Å². The highest BCUT2D eigenvalue weighted by Crippen LogP contribution is 2.11. The van der Waals surface area contributed by atoms with Gasteiger partial charge in [-0.05, 0) is 36.4 Å². The summed E-state index contributed by atoms with van der Waals surface area (Å²) in [4.78, 5) is 11.9. The summed E-state index contributed by atoms with van der Waals surface area (Å²) in [6, 6.07) is 10.5. The number of amides is 1. The summed E-state index contributed by atoms with van der Waals surface area (Å²) >= 11 is 4.85. The highest BCUT2D eigenvalue weighted by Gasteiger charge is 2.04. The topological polar surface area (TPSA) is 77.5 Å². The number of nitrogens with two attached hydrogens (primary N) is 1. The highest BCUT2D eigenvalue weighted by molar-refractivity contribution is 7.80. The Labute approximate surface area is 121 Å². The number of carbonyl (C=O) groups excluding carboxylic acids is 1. The van der Waals surface area contributed by atoms with Crippen LogP contribution in [-0.2, 0) is 11.3 Å². The monoisotopic (exact) mass is 290 g/mol. The molecule has 0 unspecified atom stereocenters. The normalized spacial score (nSPS) is 10.0. The largest absolute Gasteiger partial charge is 0.484 e. The van der Waals surface area contributed by atoms with Crippen LogP contribution < -0.4 is 15.8 Å². The quantitative estimate of drug-likeness (QED) is 0.790. The van der Waals surface area contributed by atoms with Crippen molar-refractivity contribution in [3.63, 3.8) is 0 Å². The first-order chi connectivity index (χ1) is 9.65. The highest BCUT2D eigenvalue weighted by atomic mass is 32.1. The molecule has 20 heavy (non-hydrogen) atoms. The maximum absolute atomic E-state index is 11.6. The molecule has 0 bridgehead atoms. The number of thiocarbonyl (C=S) groups is 1. The molecule has 5 nitrogen and oxygen atoms in total. The van der Waals surface area contributed by atoms with Crippen LogP contribution in [-0.4, -0.2) is 17.5 Å². The van der Waals surface area contributed by atoms with Gasteiger partial charge in [0.1, 0.15) is 16.5 Å². The van der Waals surface area contributed by atoms with Crippen molar-refractivity contribution in [1.82, 2.24) is 5.32 Å². The predicted octanol–water partition coefficient (Wildman–Crippen LogP) is 1.61. The summed E-state index contributed by atoms with van der Waals surface area (Å²) in [7, 11) is 0. The zero-order valence-electron chi connectivity index (χ0n) is 10.7. The Morgan fingerprint density at radius 3 is 2.65 bits per heavy atom. The Kier molecular flexibility index (Phi) is 4.73. The van der Waals surface area contributed by atoms with Gasteiger partial charge in [-0.1, -0.05) is 12.2 Å². The van der Waals surface area contributed by atoms with Crippen molar-refractivity contribution in [3.8, 4) is 5.75 Å². The third-order valence-electron chi connectivity index (χ3n) is 2.55. The van der Waals surface area contributed by atoms with E-state index in [4.69, 9.17) is 27.1 Å². The molecule has 1 aromatic carbocycles. The molecule has 0 atom stereocenters. The van der Waals surface area contributed by atoms with E-state index in [2.05, 4.69) is 5.32 Å². The number of carbonyl (C=O) groups is 1. The van der Waals surface area contributed by atoms with Crippen LogP contribution in [0, 0.1) is 0 Å². The van der Waals surface area contributed by atoms with E-state index in [0.717, 1.165) is 5.56 Å². The van der Waals surface area contributed by atoms with Crippen molar-refractivity contribution < 1.29 is 13.9 Å². The second-order valence-corrected chi connectivity index (χ2v) is 4.47. The summed E-state index contributed by atoms with van der Waals surface area (Å²) in [6.07, 6.45) is 1.56. The van der Waals surface area contributed by atoms with Crippen LogP contribution in [0.25, 0.3) is 0 Å². The fraction of sp³-hybridized carbons (Fsp3) is 0.143. The SMILES string of the molecule is NC(=S)c1ccc(OCC(=O)NCc2ccco2)cc1. The van der Waals surface area contributed by atoms with Crippen molar-refractivity contribution in [1.29, 1.82) is 0 Å². The molecule has 2 aromatic rings. The predicted molar refractivity (Wildman–Crippen MR) is 78.4 cm³/mol. The van der Waals surface area contributed by atoms with Gasteiger partial charge < -0.3 is 20.2 Å². The molecule has 0 aliphatic carbocycles. The summed E-state index contributed by atoms with van der Waals surface area (Å²) in [5, 5.41) is 2.69. The number of hydrogen-bond acceptors (Lipinski definition) is 4. The molecule has 6 heteroatoms. The Balaban J connectivity index is 1.76. The number of nitrogens with one attached hydrogen (secondary N) is 1. The van der Waals surface area contributed by atoms with E-state index >= 15 is 0 Å². The molecule has 3 N–H and O–H groups in total. The van der Waals surface area contributed by atoms with E-state index in [-0.39, 0.29) is 12.5 Å². The summed E-state index contributed by atoms with van der Waals surface area (Å²) in [5.41, 5.74) is 6.25. The lowest BCUT2D eigenvalue weighted by atomic mass is 10.2. The maximum atomic E-state index is 11.6. The molecule has 0 saturated heterocycles. The van der Waals surface area contributed by atoms with Gasteiger partial charge in [0.25, 0.3) is 5.91 Å². The van der Waals surface area contributed by atoms with Gasteiger partial charge in [-0.3, -0.25) is 4.79 Å². The molecule has 104 valence electrons. The fourth-order valence-electron chi connectivity index (χ4n) is 1.51. The lowest BCUT2D eigenvalue weighted by Crippen LogP contribution is -2.28. The standard InChI is InChI=1S/C14H14N2O3S/c15-14(20)10-3-5-11(6-4-10)19-9-13(17)16-8-12-2-1-7-18-12/h1-7H,8-9H2,(H2,15,20)(H,16,17). The Morgan fingerprint density at radius 2 is 2.05 bits per heavy atom. The summed E-state index contributed by atoms with van der Waals surface area (Å²) < 4.78 is 10.4. The van der Waals surface area contributed by atoms with Crippen LogP contribution in [0.2, 0.25) is 0 Å². The van der Waals surface area contributed by atoms with Crippen molar-refractivity contribution in [2.45, 2.75) is 6.54 Å². The molecule has 0 fully saturated rings. The molecule has 2 rings (SSSR count). The van der Waals surface area contributed by atoms with E-state index in [0.29, 0.717) is 23.0 Å². The van der Waals surface area contributed by atoms with Crippen molar-refractivity contribution in [3.05, 3.63) is 54.0 Å².